The highest BCUT2D eigenvalue weighted by atomic mass is 16.5. The van der Waals surface area contributed by atoms with E-state index >= 15 is 0 Å². The van der Waals surface area contributed by atoms with Crippen LogP contribution < -0.4 is 14.8 Å². The standard InChI is InChI=1S/C25H20N2O5/c1-31-23-14-17(12-20(15-26)24(28)27-21-8-3-2-4-9-21)10-11-22(23)32-16-18-6-5-7-19(13-18)25(29)30/h2-14H,16H2,1H3,(H,27,28)(H,29,30). The van der Waals surface area contributed by atoms with Crippen molar-refractivity contribution in [1.29, 1.82) is 5.26 Å². The molecule has 0 aliphatic rings. The van der Waals surface area contributed by atoms with Gasteiger partial charge in [0, 0.05) is 5.69 Å². The van der Waals surface area contributed by atoms with Crippen molar-refractivity contribution in [2.45, 2.75) is 6.61 Å². The number of nitrogens with one attached hydrogen (secondary N) is 1. The molecule has 0 fully saturated rings. The summed E-state index contributed by atoms with van der Waals surface area (Å²) in [7, 11) is 1.48. The topological polar surface area (TPSA) is 109 Å². The number of carbonyl (C=O) groups is 2. The molecule has 3 aromatic rings. The Labute approximate surface area is 185 Å². The molecule has 0 aliphatic heterocycles. The van der Waals surface area contributed by atoms with Gasteiger partial charge in [-0.2, -0.15) is 5.26 Å². The highest BCUT2D eigenvalue weighted by Crippen LogP contribution is 2.30. The van der Waals surface area contributed by atoms with Crippen LogP contribution in [0.25, 0.3) is 6.08 Å². The first-order valence-corrected chi connectivity index (χ1v) is 9.61. The summed E-state index contributed by atoms with van der Waals surface area (Å²) in [5.41, 5.74) is 1.99. The Kier molecular flexibility index (Phi) is 7.23. The predicted molar refractivity (Wildman–Crippen MR) is 119 cm³/mol. The van der Waals surface area contributed by atoms with Crippen LogP contribution in [-0.4, -0.2) is 24.1 Å². The molecule has 160 valence electrons. The van der Waals surface area contributed by atoms with Crippen LogP contribution in [0.3, 0.4) is 0 Å². The zero-order valence-electron chi connectivity index (χ0n) is 17.2. The number of rotatable bonds is 8. The van der Waals surface area contributed by atoms with Gasteiger partial charge in [-0.25, -0.2) is 4.79 Å². The summed E-state index contributed by atoms with van der Waals surface area (Å²) in [6.07, 6.45) is 1.46. The van der Waals surface area contributed by atoms with E-state index in [0.717, 1.165) is 0 Å². The summed E-state index contributed by atoms with van der Waals surface area (Å²) in [6.45, 7) is 0.148. The molecule has 1 amide bonds. The summed E-state index contributed by atoms with van der Waals surface area (Å²) < 4.78 is 11.2. The van der Waals surface area contributed by atoms with Crippen molar-refractivity contribution in [1.82, 2.24) is 0 Å². The lowest BCUT2D eigenvalue weighted by Crippen LogP contribution is -2.13. The lowest BCUT2D eigenvalue weighted by molar-refractivity contribution is -0.112. The third-order valence-electron chi connectivity index (χ3n) is 4.46. The van der Waals surface area contributed by atoms with Gasteiger partial charge in [-0.1, -0.05) is 36.4 Å². The summed E-state index contributed by atoms with van der Waals surface area (Å²) in [6, 6.07) is 22.2. The number of carbonyl (C=O) groups excluding carboxylic acids is 1. The van der Waals surface area contributed by atoms with Crippen LogP contribution in [0.2, 0.25) is 0 Å². The molecule has 7 nitrogen and oxygen atoms in total. The first-order chi connectivity index (χ1) is 15.5. The van der Waals surface area contributed by atoms with Gasteiger partial charge in [0.1, 0.15) is 18.2 Å². The minimum absolute atomic E-state index is 0.0601. The molecule has 7 heteroatoms. The van der Waals surface area contributed by atoms with Crippen molar-refractivity contribution in [3.63, 3.8) is 0 Å². The quantitative estimate of drug-likeness (QED) is 0.403. The zero-order valence-corrected chi connectivity index (χ0v) is 17.2. The van der Waals surface area contributed by atoms with E-state index in [4.69, 9.17) is 14.6 Å². The molecule has 0 aromatic heterocycles. The van der Waals surface area contributed by atoms with E-state index in [-0.39, 0.29) is 17.7 Å². The fourth-order valence-electron chi connectivity index (χ4n) is 2.88. The summed E-state index contributed by atoms with van der Waals surface area (Å²) in [4.78, 5) is 23.5. The Morgan fingerprint density at radius 1 is 1.03 bits per heavy atom. The van der Waals surface area contributed by atoms with E-state index in [9.17, 15) is 14.9 Å². The maximum absolute atomic E-state index is 12.4. The Morgan fingerprint density at radius 3 is 2.50 bits per heavy atom. The second kappa shape index (κ2) is 10.5. The molecule has 0 radical (unpaired) electrons. The van der Waals surface area contributed by atoms with Crippen LogP contribution in [0.4, 0.5) is 5.69 Å². The van der Waals surface area contributed by atoms with Crippen LogP contribution in [0, 0.1) is 11.3 Å². The number of aromatic carboxylic acids is 1. The van der Waals surface area contributed by atoms with Crippen LogP contribution in [-0.2, 0) is 11.4 Å². The number of benzene rings is 3. The number of methoxy groups -OCH3 is 1. The van der Waals surface area contributed by atoms with Crippen LogP contribution in [0.1, 0.15) is 21.5 Å². The van der Waals surface area contributed by atoms with E-state index < -0.39 is 11.9 Å². The SMILES string of the molecule is COc1cc(C=C(C#N)C(=O)Nc2ccccc2)ccc1OCc1cccc(C(=O)O)c1. The van der Waals surface area contributed by atoms with Gasteiger partial charge in [0.05, 0.1) is 12.7 Å². The molecule has 3 aromatic carbocycles. The maximum atomic E-state index is 12.4. The number of ether oxygens (including phenoxy) is 2. The van der Waals surface area contributed by atoms with Gasteiger partial charge in [0.2, 0.25) is 0 Å². The van der Waals surface area contributed by atoms with Crippen molar-refractivity contribution in [3.8, 4) is 17.6 Å². The normalized spacial score (nSPS) is 10.7. The second-order valence-electron chi connectivity index (χ2n) is 6.69. The number of carboxylic acids is 1. The lowest BCUT2D eigenvalue weighted by Gasteiger charge is -2.12. The predicted octanol–water partition coefficient (Wildman–Crippen LogP) is 4.52. The fraction of sp³-hybridized carbons (Fsp3) is 0.0800. The van der Waals surface area contributed by atoms with Gasteiger partial charge < -0.3 is 19.9 Å². The van der Waals surface area contributed by atoms with Gasteiger partial charge >= 0.3 is 5.97 Å². The Morgan fingerprint density at radius 2 is 1.81 bits per heavy atom. The van der Waals surface area contributed by atoms with E-state index in [1.54, 1.807) is 54.6 Å². The summed E-state index contributed by atoms with van der Waals surface area (Å²) >= 11 is 0. The van der Waals surface area contributed by atoms with Crippen molar-refractivity contribution >= 4 is 23.6 Å². The van der Waals surface area contributed by atoms with Gasteiger partial charge in [-0.3, -0.25) is 4.79 Å². The minimum Gasteiger partial charge on any atom is -0.493 e. The van der Waals surface area contributed by atoms with E-state index in [2.05, 4.69) is 5.32 Å². The zero-order chi connectivity index (χ0) is 22.9. The molecule has 0 bridgehead atoms. The van der Waals surface area contributed by atoms with Crippen molar-refractivity contribution in [2.75, 3.05) is 12.4 Å². The molecule has 0 aliphatic carbocycles. The minimum atomic E-state index is -1.01. The molecule has 2 N–H and O–H groups in total. The van der Waals surface area contributed by atoms with Crippen molar-refractivity contribution < 1.29 is 24.2 Å². The van der Waals surface area contributed by atoms with Gasteiger partial charge in [-0.05, 0) is 53.6 Å². The molecule has 0 atom stereocenters. The number of nitriles is 1. The highest BCUT2D eigenvalue weighted by Gasteiger charge is 2.12. The Hall–Kier alpha value is -4.57. The van der Waals surface area contributed by atoms with E-state index in [0.29, 0.717) is 28.3 Å². The van der Waals surface area contributed by atoms with E-state index in [1.807, 2.05) is 12.1 Å². The fourth-order valence-corrected chi connectivity index (χ4v) is 2.88. The summed E-state index contributed by atoms with van der Waals surface area (Å²) in [5.74, 6) is -0.673. The number of anilines is 1. The van der Waals surface area contributed by atoms with Crippen molar-refractivity contribution in [2.24, 2.45) is 0 Å². The maximum Gasteiger partial charge on any atom is 0.335 e. The van der Waals surface area contributed by atoms with Crippen LogP contribution >= 0.6 is 0 Å². The average Bonchev–Trinajstić information content (AvgIpc) is 2.82. The number of carboxylic acid groups (broad SMARTS) is 1. The second-order valence-corrected chi connectivity index (χ2v) is 6.69. The molecule has 0 spiro atoms. The lowest BCUT2D eigenvalue weighted by atomic mass is 10.1. The molecular formula is C25H20N2O5. The molecule has 32 heavy (non-hydrogen) atoms. The molecule has 0 saturated carbocycles. The number of hydrogen-bond donors (Lipinski definition) is 2. The molecular weight excluding hydrogens is 408 g/mol. The largest absolute Gasteiger partial charge is 0.493 e. The third kappa shape index (κ3) is 5.74. The monoisotopic (exact) mass is 428 g/mol. The van der Waals surface area contributed by atoms with Crippen LogP contribution in [0.15, 0.2) is 78.4 Å². The molecule has 0 saturated heterocycles. The smallest absolute Gasteiger partial charge is 0.335 e. The van der Waals surface area contributed by atoms with Crippen molar-refractivity contribution in [3.05, 3.63) is 95.1 Å². The van der Waals surface area contributed by atoms with Crippen LogP contribution in [0.5, 0.6) is 11.5 Å². The first-order valence-electron chi connectivity index (χ1n) is 9.61. The Balaban J connectivity index is 1.75. The molecule has 3 rings (SSSR count). The number of para-hydroxylation sites is 1. The average molecular weight is 428 g/mol. The summed E-state index contributed by atoms with van der Waals surface area (Å²) in [5, 5.41) is 21.2. The van der Waals surface area contributed by atoms with Gasteiger partial charge in [0.25, 0.3) is 5.91 Å². The number of hydrogen-bond acceptors (Lipinski definition) is 5. The molecule has 0 unspecified atom stereocenters. The number of nitrogens with zero attached hydrogens (tertiary/aromatic N) is 1. The third-order valence-corrected chi connectivity index (χ3v) is 4.46. The Bertz CT molecular complexity index is 1200. The highest BCUT2D eigenvalue weighted by molar-refractivity contribution is 6.09. The molecule has 0 heterocycles. The number of amides is 1. The van der Waals surface area contributed by atoms with Gasteiger partial charge in [0.15, 0.2) is 11.5 Å². The van der Waals surface area contributed by atoms with Gasteiger partial charge in [-0.15, -0.1) is 0 Å². The van der Waals surface area contributed by atoms with E-state index in [1.165, 1.54) is 25.3 Å². The first kappa shape index (κ1) is 22.1.